The average molecular weight is 305 g/mol. The lowest BCUT2D eigenvalue weighted by atomic mass is 10.1. The Morgan fingerprint density at radius 2 is 2.05 bits per heavy atom. The maximum absolute atomic E-state index is 11.9. The van der Waals surface area contributed by atoms with Gasteiger partial charge in [-0.05, 0) is 59.1 Å². The molecule has 0 bridgehead atoms. The standard InChI is InChI=1S/C17H27N3O2/c1-12-7-5-8-13(19-12)11-18-14-9-6-10-15(14)20-16(21)22-17(2,3)4/h5,7-8,14-15,18H,6,9-11H2,1-4H3,(H,20,21)/t14-,15+/m0/s1. The van der Waals surface area contributed by atoms with Crippen LogP contribution in [0.5, 0.6) is 0 Å². The van der Waals surface area contributed by atoms with Gasteiger partial charge in [-0.3, -0.25) is 4.98 Å². The monoisotopic (exact) mass is 305 g/mol. The first kappa shape index (κ1) is 16.7. The summed E-state index contributed by atoms with van der Waals surface area (Å²) in [5.74, 6) is 0. The van der Waals surface area contributed by atoms with Gasteiger partial charge in [0.1, 0.15) is 5.60 Å². The van der Waals surface area contributed by atoms with Crippen molar-refractivity contribution in [1.82, 2.24) is 15.6 Å². The lowest BCUT2D eigenvalue weighted by Crippen LogP contribution is -2.47. The van der Waals surface area contributed by atoms with Crippen LogP contribution in [-0.2, 0) is 11.3 Å². The molecule has 0 unspecified atom stereocenters. The van der Waals surface area contributed by atoms with Crippen LogP contribution in [0.4, 0.5) is 4.79 Å². The molecule has 1 aliphatic rings. The minimum Gasteiger partial charge on any atom is -0.444 e. The molecule has 0 radical (unpaired) electrons. The minimum atomic E-state index is -0.461. The quantitative estimate of drug-likeness (QED) is 0.898. The molecule has 2 rings (SSSR count). The van der Waals surface area contributed by atoms with Crippen molar-refractivity contribution in [3.8, 4) is 0 Å². The molecule has 0 aliphatic heterocycles. The van der Waals surface area contributed by atoms with Gasteiger partial charge in [0.2, 0.25) is 0 Å². The maximum atomic E-state index is 11.9. The highest BCUT2D eigenvalue weighted by molar-refractivity contribution is 5.68. The van der Waals surface area contributed by atoms with Crippen LogP contribution >= 0.6 is 0 Å². The molecule has 0 saturated heterocycles. The molecule has 1 saturated carbocycles. The largest absolute Gasteiger partial charge is 0.444 e. The zero-order chi connectivity index (χ0) is 16.2. The third-order valence-electron chi connectivity index (χ3n) is 3.71. The van der Waals surface area contributed by atoms with Gasteiger partial charge in [0.05, 0.1) is 5.69 Å². The number of alkyl carbamates (subject to hydrolysis) is 1. The maximum Gasteiger partial charge on any atom is 0.407 e. The molecule has 0 aromatic carbocycles. The van der Waals surface area contributed by atoms with Crippen LogP contribution in [0.15, 0.2) is 18.2 Å². The molecule has 5 heteroatoms. The second kappa shape index (κ2) is 7.09. The Balaban J connectivity index is 1.84. The van der Waals surface area contributed by atoms with Gasteiger partial charge in [0, 0.05) is 24.3 Å². The van der Waals surface area contributed by atoms with E-state index in [2.05, 4.69) is 15.6 Å². The first-order valence-corrected chi connectivity index (χ1v) is 7.99. The number of amides is 1. The Labute approximate surface area is 132 Å². The summed E-state index contributed by atoms with van der Waals surface area (Å²) < 4.78 is 5.34. The van der Waals surface area contributed by atoms with Crippen molar-refractivity contribution in [2.24, 2.45) is 0 Å². The van der Waals surface area contributed by atoms with Crippen molar-refractivity contribution in [2.45, 2.75) is 71.2 Å². The first-order valence-electron chi connectivity index (χ1n) is 7.99. The summed E-state index contributed by atoms with van der Waals surface area (Å²) >= 11 is 0. The number of nitrogens with one attached hydrogen (secondary N) is 2. The van der Waals surface area contributed by atoms with E-state index in [1.165, 1.54) is 0 Å². The zero-order valence-electron chi connectivity index (χ0n) is 14.0. The fourth-order valence-corrected chi connectivity index (χ4v) is 2.77. The number of pyridine rings is 1. The predicted molar refractivity (Wildman–Crippen MR) is 86.6 cm³/mol. The summed E-state index contributed by atoms with van der Waals surface area (Å²) in [5, 5.41) is 6.50. The highest BCUT2D eigenvalue weighted by Gasteiger charge is 2.29. The molecule has 1 heterocycles. The van der Waals surface area contributed by atoms with Gasteiger partial charge in [-0.1, -0.05) is 6.07 Å². The van der Waals surface area contributed by atoms with Gasteiger partial charge in [-0.15, -0.1) is 0 Å². The topological polar surface area (TPSA) is 63.2 Å². The second-order valence-electron chi connectivity index (χ2n) is 6.94. The number of carbonyl (C=O) groups is 1. The Morgan fingerprint density at radius 1 is 1.32 bits per heavy atom. The highest BCUT2D eigenvalue weighted by Crippen LogP contribution is 2.20. The number of nitrogens with zero attached hydrogens (tertiary/aromatic N) is 1. The van der Waals surface area contributed by atoms with E-state index in [1.807, 2.05) is 45.9 Å². The molecule has 1 aromatic rings. The summed E-state index contributed by atoms with van der Waals surface area (Å²) in [6.07, 6.45) is 2.82. The van der Waals surface area contributed by atoms with Crippen molar-refractivity contribution in [3.05, 3.63) is 29.6 Å². The Morgan fingerprint density at radius 3 is 2.73 bits per heavy atom. The molecule has 2 N–H and O–H groups in total. The lowest BCUT2D eigenvalue weighted by Gasteiger charge is -2.25. The molecule has 1 amide bonds. The fraction of sp³-hybridized carbons (Fsp3) is 0.647. The first-order chi connectivity index (χ1) is 10.3. The smallest absolute Gasteiger partial charge is 0.407 e. The van der Waals surface area contributed by atoms with Crippen molar-refractivity contribution in [2.75, 3.05) is 0 Å². The Bertz CT molecular complexity index is 511. The van der Waals surface area contributed by atoms with Gasteiger partial charge in [-0.2, -0.15) is 0 Å². The van der Waals surface area contributed by atoms with E-state index in [0.29, 0.717) is 0 Å². The molecule has 1 aromatic heterocycles. The molecule has 0 spiro atoms. The number of aryl methyl sites for hydroxylation is 1. The molecular formula is C17H27N3O2. The number of rotatable bonds is 4. The summed E-state index contributed by atoms with van der Waals surface area (Å²) in [6.45, 7) is 8.34. The van der Waals surface area contributed by atoms with E-state index in [9.17, 15) is 4.79 Å². The third-order valence-corrected chi connectivity index (χ3v) is 3.71. The van der Waals surface area contributed by atoms with Crippen LogP contribution in [0.25, 0.3) is 0 Å². The normalized spacial score (nSPS) is 21.6. The molecular weight excluding hydrogens is 278 g/mol. The number of aromatic nitrogens is 1. The van der Waals surface area contributed by atoms with Crippen LogP contribution in [0.2, 0.25) is 0 Å². The molecule has 5 nitrogen and oxygen atoms in total. The summed E-state index contributed by atoms with van der Waals surface area (Å²) in [4.78, 5) is 16.4. The van der Waals surface area contributed by atoms with E-state index < -0.39 is 5.60 Å². The van der Waals surface area contributed by atoms with Crippen LogP contribution in [0.3, 0.4) is 0 Å². The van der Waals surface area contributed by atoms with Gasteiger partial charge < -0.3 is 15.4 Å². The van der Waals surface area contributed by atoms with Crippen molar-refractivity contribution >= 4 is 6.09 Å². The van der Waals surface area contributed by atoms with E-state index in [1.54, 1.807) is 0 Å². The Hall–Kier alpha value is -1.62. The zero-order valence-corrected chi connectivity index (χ0v) is 14.0. The average Bonchev–Trinajstić information content (AvgIpc) is 2.81. The second-order valence-corrected chi connectivity index (χ2v) is 6.94. The van der Waals surface area contributed by atoms with Crippen LogP contribution in [0, 0.1) is 6.92 Å². The van der Waals surface area contributed by atoms with E-state index in [0.717, 1.165) is 37.2 Å². The number of hydrogen-bond donors (Lipinski definition) is 2. The minimum absolute atomic E-state index is 0.125. The molecule has 1 fully saturated rings. The van der Waals surface area contributed by atoms with Gasteiger partial charge in [0.15, 0.2) is 0 Å². The lowest BCUT2D eigenvalue weighted by molar-refractivity contribution is 0.0498. The fourth-order valence-electron chi connectivity index (χ4n) is 2.77. The van der Waals surface area contributed by atoms with E-state index in [-0.39, 0.29) is 18.2 Å². The van der Waals surface area contributed by atoms with E-state index >= 15 is 0 Å². The van der Waals surface area contributed by atoms with Crippen molar-refractivity contribution < 1.29 is 9.53 Å². The Kier molecular flexibility index (Phi) is 5.40. The highest BCUT2D eigenvalue weighted by atomic mass is 16.6. The summed E-state index contributed by atoms with van der Waals surface area (Å²) in [6, 6.07) is 6.43. The number of hydrogen-bond acceptors (Lipinski definition) is 4. The van der Waals surface area contributed by atoms with Crippen LogP contribution < -0.4 is 10.6 Å². The third kappa shape index (κ3) is 5.30. The van der Waals surface area contributed by atoms with Crippen LogP contribution in [0.1, 0.15) is 51.4 Å². The summed E-state index contributed by atoms with van der Waals surface area (Å²) in [7, 11) is 0. The van der Waals surface area contributed by atoms with E-state index in [4.69, 9.17) is 4.74 Å². The van der Waals surface area contributed by atoms with Gasteiger partial charge in [-0.25, -0.2) is 4.79 Å². The number of carbonyl (C=O) groups excluding carboxylic acids is 1. The molecule has 122 valence electrons. The SMILES string of the molecule is Cc1cccc(CN[C@H]2CCC[C@H]2NC(=O)OC(C)(C)C)n1. The van der Waals surface area contributed by atoms with Gasteiger partial charge >= 0.3 is 6.09 Å². The summed E-state index contributed by atoms with van der Waals surface area (Å²) in [5.41, 5.74) is 1.59. The number of ether oxygens (including phenoxy) is 1. The molecule has 2 atom stereocenters. The van der Waals surface area contributed by atoms with Crippen LogP contribution in [-0.4, -0.2) is 28.8 Å². The van der Waals surface area contributed by atoms with Gasteiger partial charge in [0.25, 0.3) is 0 Å². The van der Waals surface area contributed by atoms with Crippen molar-refractivity contribution in [3.63, 3.8) is 0 Å². The molecule has 22 heavy (non-hydrogen) atoms. The molecule has 1 aliphatic carbocycles. The predicted octanol–water partition coefficient (Wildman–Crippen LogP) is 2.93. The van der Waals surface area contributed by atoms with Crippen molar-refractivity contribution in [1.29, 1.82) is 0 Å².